The zero-order valence-corrected chi connectivity index (χ0v) is 16.7. The molecule has 0 bridgehead atoms. The molecular formula is C22H20F2N4O2. The molecule has 0 aliphatic carbocycles. The Labute approximate surface area is 171 Å². The van der Waals surface area contributed by atoms with Gasteiger partial charge in [0.1, 0.15) is 5.82 Å². The van der Waals surface area contributed by atoms with Gasteiger partial charge >= 0.3 is 0 Å². The van der Waals surface area contributed by atoms with Crippen molar-refractivity contribution in [2.45, 2.75) is 33.1 Å². The lowest BCUT2D eigenvalue weighted by molar-refractivity contribution is -0.117. The molecule has 1 amide bonds. The van der Waals surface area contributed by atoms with E-state index in [1.54, 1.807) is 35.8 Å². The molecule has 1 atom stereocenters. The SMILES string of the molecule is Cc1cc(-c2nn3c(C)ncc3o2)ccc1NC(=O)C(C)c1cccc(C(F)F)c1. The van der Waals surface area contributed by atoms with Gasteiger partial charge in [0.05, 0.1) is 12.1 Å². The van der Waals surface area contributed by atoms with Gasteiger partial charge in [-0.2, -0.15) is 4.52 Å². The highest BCUT2D eigenvalue weighted by Crippen LogP contribution is 2.28. The quantitative estimate of drug-likeness (QED) is 0.485. The number of hydrogen-bond donors (Lipinski definition) is 1. The van der Waals surface area contributed by atoms with Crippen LogP contribution in [0.3, 0.4) is 0 Å². The molecule has 2 aromatic carbocycles. The molecule has 0 radical (unpaired) electrons. The van der Waals surface area contributed by atoms with E-state index in [1.807, 2.05) is 19.9 Å². The Morgan fingerprint density at radius 2 is 1.90 bits per heavy atom. The summed E-state index contributed by atoms with van der Waals surface area (Å²) in [4.78, 5) is 16.8. The lowest BCUT2D eigenvalue weighted by Gasteiger charge is -2.15. The number of fused-ring (bicyclic) bond motifs is 1. The summed E-state index contributed by atoms with van der Waals surface area (Å²) in [6.07, 6.45) is -0.963. The fraction of sp³-hybridized carbons (Fsp3) is 0.227. The molecule has 4 rings (SSSR count). The average Bonchev–Trinajstić information content (AvgIpc) is 3.31. The first-order chi connectivity index (χ1) is 14.3. The molecule has 0 saturated carbocycles. The first kappa shape index (κ1) is 19.8. The minimum atomic E-state index is -2.57. The smallest absolute Gasteiger partial charge is 0.263 e. The predicted molar refractivity (Wildman–Crippen MR) is 109 cm³/mol. The molecule has 2 aromatic heterocycles. The van der Waals surface area contributed by atoms with Gasteiger partial charge < -0.3 is 9.73 Å². The number of alkyl halides is 2. The van der Waals surface area contributed by atoms with E-state index in [0.29, 0.717) is 22.9 Å². The van der Waals surface area contributed by atoms with E-state index in [2.05, 4.69) is 15.4 Å². The van der Waals surface area contributed by atoms with Crippen LogP contribution >= 0.6 is 0 Å². The second kappa shape index (κ2) is 7.70. The fourth-order valence-electron chi connectivity index (χ4n) is 3.23. The van der Waals surface area contributed by atoms with Gasteiger partial charge in [-0.1, -0.05) is 18.2 Å². The standard InChI is InChI=1S/C22H20F2N4O2/c1-12-9-17(22-27-28-14(3)25-11-19(28)30-22)7-8-18(12)26-21(29)13(2)15-5-4-6-16(10-15)20(23)24/h4-11,13,20H,1-3H3,(H,26,29). The summed E-state index contributed by atoms with van der Waals surface area (Å²) in [6, 6.07) is 11.4. The maximum absolute atomic E-state index is 12.9. The van der Waals surface area contributed by atoms with Gasteiger partial charge in [0, 0.05) is 16.8 Å². The van der Waals surface area contributed by atoms with E-state index in [4.69, 9.17) is 4.42 Å². The summed E-state index contributed by atoms with van der Waals surface area (Å²) >= 11 is 0. The van der Waals surface area contributed by atoms with Crippen LogP contribution in [0, 0.1) is 13.8 Å². The third-order valence-corrected chi connectivity index (χ3v) is 5.06. The van der Waals surface area contributed by atoms with Crippen molar-refractivity contribution < 1.29 is 18.0 Å². The minimum absolute atomic E-state index is 0.0964. The molecule has 154 valence electrons. The number of nitrogens with one attached hydrogen (secondary N) is 1. The number of hydrogen-bond acceptors (Lipinski definition) is 4. The number of aryl methyl sites for hydroxylation is 2. The van der Waals surface area contributed by atoms with E-state index < -0.39 is 12.3 Å². The van der Waals surface area contributed by atoms with Crippen LogP contribution in [0.15, 0.2) is 53.1 Å². The molecular weight excluding hydrogens is 390 g/mol. The van der Waals surface area contributed by atoms with Crippen molar-refractivity contribution in [2.24, 2.45) is 0 Å². The summed E-state index contributed by atoms with van der Waals surface area (Å²) in [7, 11) is 0. The van der Waals surface area contributed by atoms with Crippen molar-refractivity contribution in [2.75, 3.05) is 5.32 Å². The maximum Gasteiger partial charge on any atom is 0.263 e. The first-order valence-corrected chi connectivity index (χ1v) is 9.44. The second-order valence-corrected chi connectivity index (χ2v) is 7.17. The van der Waals surface area contributed by atoms with Crippen LogP contribution in [0.1, 0.15) is 41.8 Å². The van der Waals surface area contributed by atoms with Crippen molar-refractivity contribution in [3.05, 3.63) is 71.2 Å². The maximum atomic E-state index is 12.9. The first-order valence-electron chi connectivity index (χ1n) is 9.44. The Morgan fingerprint density at radius 3 is 2.60 bits per heavy atom. The van der Waals surface area contributed by atoms with Crippen LogP contribution in [0.25, 0.3) is 17.2 Å². The summed E-state index contributed by atoms with van der Waals surface area (Å²) in [5.74, 6) is 0.329. The molecule has 0 spiro atoms. The monoisotopic (exact) mass is 410 g/mol. The highest BCUT2D eigenvalue weighted by Gasteiger charge is 2.19. The molecule has 4 aromatic rings. The molecule has 30 heavy (non-hydrogen) atoms. The Morgan fingerprint density at radius 1 is 1.13 bits per heavy atom. The van der Waals surface area contributed by atoms with Crippen molar-refractivity contribution in [3.8, 4) is 11.5 Å². The zero-order chi connectivity index (χ0) is 21.4. The highest BCUT2D eigenvalue weighted by molar-refractivity contribution is 5.96. The van der Waals surface area contributed by atoms with E-state index in [1.165, 1.54) is 18.2 Å². The number of rotatable bonds is 5. The lowest BCUT2D eigenvalue weighted by Crippen LogP contribution is -2.19. The number of carbonyl (C=O) groups excluding carboxylic acids is 1. The van der Waals surface area contributed by atoms with Gasteiger partial charge in [0.15, 0.2) is 0 Å². The minimum Gasteiger partial charge on any atom is -0.417 e. The molecule has 0 fully saturated rings. The van der Waals surface area contributed by atoms with Crippen molar-refractivity contribution in [1.82, 2.24) is 14.6 Å². The van der Waals surface area contributed by atoms with E-state index in [9.17, 15) is 13.6 Å². The van der Waals surface area contributed by atoms with Crippen LogP contribution in [0.5, 0.6) is 0 Å². The summed E-state index contributed by atoms with van der Waals surface area (Å²) in [5, 5.41) is 7.28. The third kappa shape index (κ3) is 3.68. The van der Waals surface area contributed by atoms with Gasteiger partial charge in [0.25, 0.3) is 6.43 Å². The topological polar surface area (TPSA) is 72.4 Å². The number of nitrogens with zero attached hydrogens (tertiary/aromatic N) is 3. The Balaban J connectivity index is 1.53. The van der Waals surface area contributed by atoms with Crippen molar-refractivity contribution in [3.63, 3.8) is 0 Å². The molecule has 0 aliphatic rings. The van der Waals surface area contributed by atoms with Gasteiger partial charge in [0.2, 0.25) is 17.5 Å². The number of carbonyl (C=O) groups is 1. The zero-order valence-electron chi connectivity index (χ0n) is 16.7. The van der Waals surface area contributed by atoms with Crippen molar-refractivity contribution in [1.29, 1.82) is 0 Å². The summed E-state index contributed by atoms with van der Waals surface area (Å²) in [6.45, 7) is 5.39. The van der Waals surface area contributed by atoms with E-state index >= 15 is 0 Å². The number of halogens is 2. The van der Waals surface area contributed by atoms with Crippen LogP contribution in [-0.4, -0.2) is 20.5 Å². The Hall–Kier alpha value is -3.55. The molecule has 1 unspecified atom stereocenters. The summed E-state index contributed by atoms with van der Waals surface area (Å²) in [5.41, 5.74) is 3.23. The third-order valence-electron chi connectivity index (χ3n) is 5.06. The number of imidazole rings is 1. The number of benzene rings is 2. The molecule has 0 saturated heterocycles. The number of anilines is 1. The van der Waals surface area contributed by atoms with Crippen LogP contribution < -0.4 is 5.32 Å². The summed E-state index contributed by atoms with van der Waals surface area (Å²) < 4.78 is 33.2. The molecule has 8 heteroatoms. The van der Waals surface area contributed by atoms with Gasteiger partial charge in [-0.05, 0) is 56.2 Å². The molecule has 6 nitrogen and oxygen atoms in total. The largest absolute Gasteiger partial charge is 0.417 e. The van der Waals surface area contributed by atoms with Gasteiger partial charge in [-0.15, -0.1) is 5.10 Å². The van der Waals surface area contributed by atoms with E-state index in [0.717, 1.165) is 17.0 Å². The Bertz CT molecular complexity index is 1230. The molecule has 0 aliphatic heterocycles. The predicted octanol–water partition coefficient (Wildman–Crippen LogP) is 5.29. The van der Waals surface area contributed by atoms with Crippen LogP contribution in [0.4, 0.5) is 14.5 Å². The number of aromatic nitrogens is 3. The average molecular weight is 410 g/mol. The highest BCUT2D eigenvalue weighted by atomic mass is 19.3. The van der Waals surface area contributed by atoms with Crippen molar-refractivity contribution >= 4 is 17.3 Å². The van der Waals surface area contributed by atoms with Gasteiger partial charge in [-0.25, -0.2) is 13.8 Å². The van der Waals surface area contributed by atoms with Crippen LogP contribution in [-0.2, 0) is 4.79 Å². The second-order valence-electron chi connectivity index (χ2n) is 7.17. The van der Waals surface area contributed by atoms with E-state index in [-0.39, 0.29) is 11.5 Å². The van der Waals surface area contributed by atoms with Crippen LogP contribution in [0.2, 0.25) is 0 Å². The lowest BCUT2D eigenvalue weighted by atomic mass is 9.98. The fourth-order valence-corrected chi connectivity index (χ4v) is 3.23. The number of amides is 1. The normalized spacial score (nSPS) is 12.5. The molecule has 2 heterocycles. The Kier molecular flexibility index (Phi) is 5.07. The van der Waals surface area contributed by atoms with Gasteiger partial charge in [-0.3, -0.25) is 4.79 Å². The molecule has 1 N–H and O–H groups in total.